The zero-order chi connectivity index (χ0) is 20.6. The molecule has 1 aliphatic rings. The van der Waals surface area contributed by atoms with Crippen LogP contribution in [-0.2, 0) is 4.79 Å². The normalized spacial score (nSPS) is 15.3. The van der Waals surface area contributed by atoms with Crippen LogP contribution < -0.4 is 5.32 Å². The predicted octanol–water partition coefficient (Wildman–Crippen LogP) is 4.29. The molecule has 0 saturated heterocycles. The third-order valence-corrected chi connectivity index (χ3v) is 5.19. The van der Waals surface area contributed by atoms with E-state index in [1.54, 1.807) is 30.4 Å². The van der Waals surface area contributed by atoms with Crippen LogP contribution in [0, 0.1) is 17.0 Å². The Morgan fingerprint density at radius 2 is 1.93 bits per heavy atom. The highest BCUT2D eigenvalue weighted by atomic mass is 19.1. The first-order chi connectivity index (χ1) is 13.9. The Balaban J connectivity index is 1.59. The van der Waals surface area contributed by atoms with E-state index in [9.17, 15) is 13.6 Å². The minimum atomic E-state index is -0.510. The predicted molar refractivity (Wildman–Crippen MR) is 110 cm³/mol. The second kappa shape index (κ2) is 7.40. The SMILES string of the molecule is CN(C)CC1(C(=O)Nc2cc3c(C=Cc4ccc(F)cc4)n[nH]c3cc2F)CC1. The number of nitrogens with one attached hydrogen (secondary N) is 2. The number of amides is 1. The third kappa shape index (κ3) is 4.05. The molecule has 0 radical (unpaired) electrons. The molecule has 1 aliphatic carbocycles. The summed E-state index contributed by atoms with van der Waals surface area (Å²) in [7, 11) is 3.84. The first-order valence-corrected chi connectivity index (χ1v) is 9.44. The molecule has 1 aromatic heterocycles. The number of carbonyl (C=O) groups is 1. The smallest absolute Gasteiger partial charge is 0.231 e. The average molecular weight is 396 g/mol. The molecule has 0 atom stereocenters. The number of aromatic nitrogens is 2. The van der Waals surface area contributed by atoms with Crippen LogP contribution in [0.3, 0.4) is 0 Å². The van der Waals surface area contributed by atoms with Crippen molar-refractivity contribution in [2.24, 2.45) is 5.41 Å². The van der Waals surface area contributed by atoms with E-state index in [1.807, 2.05) is 19.0 Å². The Bertz CT molecular complexity index is 1080. The van der Waals surface area contributed by atoms with Crippen LogP contribution in [-0.4, -0.2) is 41.6 Å². The van der Waals surface area contributed by atoms with Crippen LogP contribution in [0.4, 0.5) is 14.5 Å². The Morgan fingerprint density at radius 1 is 1.21 bits per heavy atom. The quantitative estimate of drug-likeness (QED) is 0.653. The zero-order valence-corrected chi connectivity index (χ0v) is 16.3. The van der Waals surface area contributed by atoms with Gasteiger partial charge in [0.15, 0.2) is 0 Å². The van der Waals surface area contributed by atoms with E-state index in [-0.39, 0.29) is 17.4 Å². The molecular weight excluding hydrogens is 374 g/mol. The highest BCUT2D eigenvalue weighted by Gasteiger charge is 2.50. The van der Waals surface area contributed by atoms with E-state index in [1.165, 1.54) is 18.2 Å². The monoisotopic (exact) mass is 396 g/mol. The van der Waals surface area contributed by atoms with Gasteiger partial charge in [0, 0.05) is 18.0 Å². The van der Waals surface area contributed by atoms with Crippen molar-refractivity contribution in [3.05, 3.63) is 59.3 Å². The van der Waals surface area contributed by atoms with Gasteiger partial charge in [-0.3, -0.25) is 9.89 Å². The van der Waals surface area contributed by atoms with Gasteiger partial charge in [-0.2, -0.15) is 5.10 Å². The summed E-state index contributed by atoms with van der Waals surface area (Å²) in [6, 6.07) is 9.01. The van der Waals surface area contributed by atoms with Gasteiger partial charge in [-0.1, -0.05) is 18.2 Å². The molecule has 5 nitrogen and oxygen atoms in total. The van der Waals surface area contributed by atoms with E-state index < -0.39 is 11.2 Å². The minimum absolute atomic E-state index is 0.144. The van der Waals surface area contributed by atoms with Gasteiger partial charge in [0.1, 0.15) is 11.6 Å². The minimum Gasteiger partial charge on any atom is -0.323 e. The molecule has 3 aromatic rings. The third-order valence-electron chi connectivity index (χ3n) is 5.19. The number of nitrogens with zero attached hydrogens (tertiary/aromatic N) is 2. The fourth-order valence-electron chi connectivity index (χ4n) is 3.50. The van der Waals surface area contributed by atoms with Gasteiger partial charge in [-0.25, -0.2) is 8.78 Å². The van der Waals surface area contributed by atoms with Gasteiger partial charge in [-0.15, -0.1) is 0 Å². The maximum absolute atomic E-state index is 14.5. The number of hydrogen-bond acceptors (Lipinski definition) is 3. The lowest BCUT2D eigenvalue weighted by atomic mass is 10.1. The lowest BCUT2D eigenvalue weighted by Gasteiger charge is -2.19. The maximum Gasteiger partial charge on any atom is 0.231 e. The van der Waals surface area contributed by atoms with Crippen molar-refractivity contribution in [3.8, 4) is 0 Å². The summed E-state index contributed by atoms with van der Waals surface area (Å²) < 4.78 is 27.6. The molecule has 2 aromatic carbocycles. The molecule has 0 spiro atoms. The zero-order valence-electron chi connectivity index (χ0n) is 16.3. The number of halogens is 2. The highest BCUT2D eigenvalue weighted by Crippen LogP contribution is 2.47. The maximum atomic E-state index is 14.5. The topological polar surface area (TPSA) is 61.0 Å². The summed E-state index contributed by atoms with van der Waals surface area (Å²) in [5.74, 6) is -0.966. The first kappa shape index (κ1) is 19.3. The number of rotatable bonds is 6. The molecule has 1 heterocycles. The van der Waals surface area contributed by atoms with E-state index >= 15 is 0 Å². The fourth-order valence-corrected chi connectivity index (χ4v) is 3.50. The standard InChI is InChI=1S/C22H22F2N4O/c1-28(2)13-22(9-10-22)21(29)25-20-11-16-18(26-27-19(16)12-17(20)24)8-5-14-3-6-15(23)7-4-14/h3-8,11-12H,9-10,13H2,1-2H3,(H,25,29)(H,26,27). The van der Waals surface area contributed by atoms with Gasteiger partial charge < -0.3 is 10.2 Å². The summed E-state index contributed by atoms with van der Waals surface area (Å²) >= 11 is 0. The number of hydrogen-bond donors (Lipinski definition) is 2. The molecule has 2 N–H and O–H groups in total. The van der Waals surface area contributed by atoms with E-state index in [0.717, 1.165) is 18.4 Å². The van der Waals surface area contributed by atoms with Crippen LogP contribution in [0.15, 0.2) is 36.4 Å². The summed E-state index contributed by atoms with van der Waals surface area (Å²) in [5, 5.41) is 10.5. The Hall–Kier alpha value is -3.06. The van der Waals surface area contributed by atoms with Crippen molar-refractivity contribution >= 4 is 34.6 Å². The highest BCUT2D eigenvalue weighted by molar-refractivity contribution is 6.00. The number of fused-ring (bicyclic) bond motifs is 1. The summed E-state index contributed by atoms with van der Waals surface area (Å²) in [4.78, 5) is 14.7. The Kier molecular flexibility index (Phi) is 4.92. The number of benzene rings is 2. The lowest BCUT2D eigenvalue weighted by molar-refractivity contribution is -0.121. The average Bonchev–Trinajstić information content (AvgIpc) is 3.35. The Labute approximate surface area is 167 Å². The molecule has 29 heavy (non-hydrogen) atoms. The molecule has 1 saturated carbocycles. The molecule has 7 heteroatoms. The van der Waals surface area contributed by atoms with Crippen molar-refractivity contribution < 1.29 is 13.6 Å². The van der Waals surface area contributed by atoms with Crippen LogP contribution >= 0.6 is 0 Å². The largest absolute Gasteiger partial charge is 0.323 e. The lowest BCUT2D eigenvalue weighted by Crippen LogP contribution is -2.33. The Morgan fingerprint density at radius 3 is 2.59 bits per heavy atom. The molecule has 1 fully saturated rings. The van der Waals surface area contributed by atoms with Gasteiger partial charge in [0.05, 0.1) is 22.3 Å². The molecule has 150 valence electrons. The van der Waals surface area contributed by atoms with Crippen molar-refractivity contribution in [2.75, 3.05) is 26.0 Å². The molecule has 4 rings (SSSR count). The fraction of sp³-hybridized carbons (Fsp3) is 0.273. The van der Waals surface area contributed by atoms with Gasteiger partial charge in [0.25, 0.3) is 0 Å². The number of carbonyl (C=O) groups excluding carboxylic acids is 1. The van der Waals surface area contributed by atoms with Gasteiger partial charge >= 0.3 is 0 Å². The molecular formula is C22H22F2N4O. The number of H-pyrrole nitrogens is 1. The summed E-state index contributed by atoms with van der Waals surface area (Å²) in [6.45, 7) is 0.639. The van der Waals surface area contributed by atoms with E-state index in [0.29, 0.717) is 23.1 Å². The van der Waals surface area contributed by atoms with Crippen LogP contribution in [0.5, 0.6) is 0 Å². The van der Waals surface area contributed by atoms with E-state index in [2.05, 4.69) is 15.5 Å². The summed E-state index contributed by atoms with van der Waals surface area (Å²) in [6.07, 6.45) is 5.17. The molecule has 0 aliphatic heterocycles. The number of anilines is 1. The van der Waals surface area contributed by atoms with E-state index in [4.69, 9.17) is 0 Å². The first-order valence-electron chi connectivity index (χ1n) is 9.44. The van der Waals surface area contributed by atoms with Crippen LogP contribution in [0.25, 0.3) is 23.1 Å². The van der Waals surface area contributed by atoms with Crippen molar-refractivity contribution in [3.63, 3.8) is 0 Å². The van der Waals surface area contributed by atoms with Crippen molar-refractivity contribution in [1.29, 1.82) is 0 Å². The molecule has 0 bridgehead atoms. The molecule has 0 unspecified atom stereocenters. The van der Waals surface area contributed by atoms with Crippen LogP contribution in [0.2, 0.25) is 0 Å². The van der Waals surface area contributed by atoms with Crippen molar-refractivity contribution in [2.45, 2.75) is 12.8 Å². The second-order valence-corrected chi connectivity index (χ2v) is 7.84. The van der Waals surface area contributed by atoms with Gasteiger partial charge in [0.2, 0.25) is 5.91 Å². The second-order valence-electron chi connectivity index (χ2n) is 7.84. The van der Waals surface area contributed by atoms with Crippen molar-refractivity contribution in [1.82, 2.24) is 15.1 Å². The molecule has 1 amide bonds. The number of aromatic amines is 1. The van der Waals surface area contributed by atoms with Crippen LogP contribution in [0.1, 0.15) is 24.1 Å². The summed E-state index contributed by atoms with van der Waals surface area (Å²) in [5.41, 5.74) is 1.66. The van der Waals surface area contributed by atoms with Gasteiger partial charge in [-0.05, 0) is 56.8 Å².